The Morgan fingerprint density at radius 1 is 1.33 bits per heavy atom. The lowest BCUT2D eigenvalue weighted by Gasteiger charge is -2.11. The van der Waals surface area contributed by atoms with Crippen LogP contribution in [0.3, 0.4) is 0 Å². The average molecular weight is 239 g/mol. The van der Waals surface area contributed by atoms with E-state index in [4.69, 9.17) is 16.9 Å². The van der Waals surface area contributed by atoms with Crippen LogP contribution in [0.25, 0.3) is 0 Å². The highest BCUT2D eigenvalue weighted by Crippen LogP contribution is 2.28. The van der Waals surface area contributed by atoms with Crippen LogP contribution in [0.5, 0.6) is 0 Å². The number of fused-ring (bicyclic) bond motifs is 1. The van der Waals surface area contributed by atoms with E-state index in [2.05, 4.69) is 11.1 Å². The van der Waals surface area contributed by atoms with E-state index in [9.17, 15) is 0 Å². The number of rotatable bonds is 0. The van der Waals surface area contributed by atoms with Gasteiger partial charge in [-0.25, -0.2) is 4.98 Å². The number of aromatic nitrogens is 1. The van der Waals surface area contributed by atoms with Crippen molar-refractivity contribution >= 4 is 23.4 Å². The fourth-order valence-corrected chi connectivity index (χ4v) is 3.12. The van der Waals surface area contributed by atoms with Gasteiger partial charge >= 0.3 is 0 Å². The van der Waals surface area contributed by atoms with E-state index in [0.29, 0.717) is 10.7 Å². The molecule has 2 rings (SSSR count). The highest BCUT2D eigenvalue weighted by molar-refractivity contribution is 7.99. The summed E-state index contributed by atoms with van der Waals surface area (Å²) < 4.78 is 0. The summed E-state index contributed by atoms with van der Waals surface area (Å²) in [6, 6.07) is 2.17. The molecule has 78 valence electrons. The van der Waals surface area contributed by atoms with Crippen molar-refractivity contribution in [1.29, 1.82) is 5.26 Å². The molecular weight excluding hydrogens is 228 g/mol. The van der Waals surface area contributed by atoms with Gasteiger partial charge in [0.15, 0.2) is 0 Å². The Morgan fingerprint density at radius 3 is 2.67 bits per heavy atom. The number of nitriles is 1. The molecule has 0 fully saturated rings. The molecule has 0 radical (unpaired) electrons. The first kappa shape index (κ1) is 10.8. The molecule has 0 aliphatic carbocycles. The first-order valence-electron chi connectivity index (χ1n) is 4.89. The summed E-state index contributed by atoms with van der Waals surface area (Å²) in [7, 11) is 0. The maximum atomic E-state index is 9.08. The Hall–Kier alpha value is -0.720. The number of halogens is 1. The average Bonchev–Trinajstić information content (AvgIpc) is 2.44. The van der Waals surface area contributed by atoms with Gasteiger partial charge in [0.1, 0.15) is 11.2 Å². The van der Waals surface area contributed by atoms with Crippen LogP contribution in [0.4, 0.5) is 0 Å². The monoisotopic (exact) mass is 238 g/mol. The number of thioether (sulfide) groups is 1. The predicted molar refractivity (Wildman–Crippen MR) is 63.4 cm³/mol. The number of hydrogen-bond donors (Lipinski definition) is 0. The van der Waals surface area contributed by atoms with Gasteiger partial charge in [-0.1, -0.05) is 11.6 Å². The van der Waals surface area contributed by atoms with Crippen LogP contribution >= 0.6 is 23.4 Å². The Bertz CT molecular complexity index is 437. The maximum Gasteiger partial charge on any atom is 0.147 e. The highest BCUT2D eigenvalue weighted by Gasteiger charge is 2.18. The smallest absolute Gasteiger partial charge is 0.147 e. The Kier molecular flexibility index (Phi) is 3.18. The topological polar surface area (TPSA) is 36.7 Å². The summed E-state index contributed by atoms with van der Waals surface area (Å²) in [4.78, 5) is 4.23. The van der Waals surface area contributed by atoms with Gasteiger partial charge in [0.05, 0.1) is 5.56 Å². The van der Waals surface area contributed by atoms with E-state index in [1.165, 1.54) is 5.56 Å². The highest BCUT2D eigenvalue weighted by atomic mass is 35.5. The lowest BCUT2D eigenvalue weighted by molar-refractivity contribution is 0.999. The van der Waals surface area contributed by atoms with Crippen molar-refractivity contribution in [3.05, 3.63) is 27.5 Å². The lowest BCUT2D eigenvalue weighted by Crippen LogP contribution is -2.04. The molecule has 1 aromatic heterocycles. The van der Waals surface area contributed by atoms with Crippen molar-refractivity contribution < 1.29 is 0 Å². The fraction of sp³-hybridized carbons (Fsp3) is 0.455. The minimum atomic E-state index is 0.362. The van der Waals surface area contributed by atoms with Crippen molar-refractivity contribution in [2.45, 2.75) is 19.8 Å². The van der Waals surface area contributed by atoms with Gasteiger partial charge in [0, 0.05) is 5.69 Å². The lowest BCUT2D eigenvalue weighted by atomic mass is 9.98. The van der Waals surface area contributed by atoms with Crippen LogP contribution in [-0.4, -0.2) is 16.5 Å². The molecule has 1 aliphatic heterocycles. The van der Waals surface area contributed by atoms with E-state index in [0.717, 1.165) is 35.6 Å². The van der Waals surface area contributed by atoms with Crippen LogP contribution in [0.1, 0.15) is 22.4 Å². The van der Waals surface area contributed by atoms with Crippen LogP contribution < -0.4 is 0 Å². The molecular formula is C11H11ClN2S. The fourth-order valence-electron chi connectivity index (χ4n) is 1.94. The minimum Gasteiger partial charge on any atom is -0.240 e. The molecule has 0 spiro atoms. The maximum absolute atomic E-state index is 9.08. The summed E-state index contributed by atoms with van der Waals surface area (Å²) in [6.45, 7) is 1.97. The van der Waals surface area contributed by atoms with Crippen molar-refractivity contribution in [2.75, 3.05) is 11.5 Å². The van der Waals surface area contributed by atoms with Gasteiger partial charge in [-0.15, -0.1) is 0 Å². The van der Waals surface area contributed by atoms with Crippen LogP contribution in [0.15, 0.2) is 0 Å². The first-order valence-corrected chi connectivity index (χ1v) is 6.43. The second-order valence-corrected chi connectivity index (χ2v) is 5.13. The molecule has 0 aromatic carbocycles. The summed E-state index contributed by atoms with van der Waals surface area (Å²) in [5.74, 6) is 2.18. The van der Waals surface area contributed by atoms with E-state index in [-0.39, 0.29) is 0 Å². The van der Waals surface area contributed by atoms with E-state index in [1.54, 1.807) is 0 Å². The second-order valence-electron chi connectivity index (χ2n) is 3.54. The first-order chi connectivity index (χ1) is 7.24. The molecule has 2 nitrogen and oxygen atoms in total. The van der Waals surface area contributed by atoms with Crippen LogP contribution in [-0.2, 0) is 12.8 Å². The molecule has 2 heterocycles. The quantitative estimate of drug-likeness (QED) is 0.653. The van der Waals surface area contributed by atoms with E-state index < -0.39 is 0 Å². The molecule has 0 N–H and O–H groups in total. The van der Waals surface area contributed by atoms with Gasteiger partial charge < -0.3 is 0 Å². The second kappa shape index (κ2) is 4.42. The number of aryl methyl sites for hydroxylation is 1. The van der Waals surface area contributed by atoms with Gasteiger partial charge in [-0.05, 0) is 42.4 Å². The third-order valence-corrected chi connectivity index (χ3v) is 3.94. The summed E-state index contributed by atoms with van der Waals surface area (Å²) >= 11 is 7.91. The zero-order valence-corrected chi connectivity index (χ0v) is 10.1. The van der Waals surface area contributed by atoms with Gasteiger partial charge in [0.25, 0.3) is 0 Å². The minimum absolute atomic E-state index is 0.362. The Morgan fingerprint density at radius 2 is 2.00 bits per heavy atom. The van der Waals surface area contributed by atoms with Crippen LogP contribution in [0, 0.1) is 18.3 Å². The zero-order chi connectivity index (χ0) is 10.8. The molecule has 1 aliphatic rings. The largest absolute Gasteiger partial charge is 0.240 e. The SMILES string of the molecule is Cc1nc(Cl)c(C#N)c2c1CCSCC2. The predicted octanol–water partition coefficient (Wildman–Crippen LogP) is 2.75. The number of nitrogens with zero attached hydrogens (tertiary/aromatic N) is 2. The molecule has 0 saturated carbocycles. The van der Waals surface area contributed by atoms with Gasteiger partial charge in [-0.3, -0.25) is 0 Å². The van der Waals surface area contributed by atoms with Gasteiger partial charge in [-0.2, -0.15) is 17.0 Å². The number of hydrogen-bond acceptors (Lipinski definition) is 3. The van der Waals surface area contributed by atoms with Crippen molar-refractivity contribution in [1.82, 2.24) is 4.98 Å². The van der Waals surface area contributed by atoms with Crippen LogP contribution in [0.2, 0.25) is 5.15 Å². The van der Waals surface area contributed by atoms with E-state index in [1.807, 2.05) is 18.7 Å². The molecule has 15 heavy (non-hydrogen) atoms. The molecule has 0 saturated heterocycles. The third-order valence-electron chi connectivity index (χ3n) is 2.68. The van der Waals surface area contributed by atoms with E-state index >= 15 is 0 Å². The summed E-state index contributed by atoms with van der Waals surface area (Å²) in [5, 5.41) is 9.44. The standard InChI is InChI=1S/C11H11ClN2S/c1-7-8-2-4-15-5-3-9(8)10(6-13)11(12)14-7/h2-5H2,1H3. The molecule has 0 amide bonds. The molecule has 4 heteroatoms. The third kappa shape index (κ3) is 1.97. The molecule has 0 unspecified atom stereocenters. The Balaban J connectivity index is 2.64. The zero-order valence-electron chi connectivity index (χ0n) is 8.51. The number of pyridine rings is 1. The molecule has 0 atom stereocenters. The van der Waals surface area contributed by atoms with Crippen molar-refractivity contribution in [3.63, 3.8) is 0 Å². The normalized spacial score (nSPS) is 15.3. The summed E-state index contributed by atoms with van der Waals surface area (Å²) in [6.07, 6.45) is 1.94. The Labute approximate surface area is 98.7 Å². The molecule has 1 aromatic rings. The van der Waals surface area contributed by atoms with Crippen molar-refractivity contribution in [2.24, 2.45) is 0 Å². The molecule has 0 bridgehead atoms. The van der Waals surface area contributed by atoms with Gasteiger partial charge in [0.2, 0.25) is 0 Å². The summed E-state index contributed by atoms with van der Waals surface area (Å²) in [5.41, 5.74) is 3.93. The van der Waals surface area contributed by atoms with Crippen molar-refractivity contribution in [3.8, 4) is 6.07 Å².